The Bertz CT molecular complexity index is 3370. The van der Waals surface area contributed by atoms with E-state index in [-0.39, 0.29) is 12.0 Å². The SMILES string of the molecule is C1=CCC(c2cccc(-c3cc(-c4ccc(-c5nc6ccccc6c6c5C=CC5C6Oc6ccccc6C56c5ccccc5-c5ccccc56)cc4)nc(-c4ccccc4)n3)c2)C=C1. The maximum absolute atomic E-state index is 7.29. The van der Waals surface area contributed by atoms with E-state index in [1.165, 1.54) is 38.9 Å². The average Bonchev–Trinajstić information content (AvgIpc) is 3.67. The minimum Gasteiger partial charge on any atom is -0.485 e. The molecule has 4 nitrogen and oxygen atoms in total. The minimum atomic E-state index is -0.437. The predicted octanol–water partition coefficient (Wildman–Crippen LogP) is 14.4. The zero-order valence-electron chi connectivity index (χ0n) is 35.0. The Kier molecular flexibility index (Phi) is 8.35. The zero-order chi connectivity index (χ0) is 42.2. The standard InChI is InChI=1S/C60H41N3O/c1-3-16-38(17-4-1)42-20-15-21-43(36-42)54-37-53(62-59(63-54)41-18-5-2-6-19-41)39-30-32-40(33-31-39)57-47-34-35-51-58(56(47)46-24-9-13-28-52(46)61-57)64-55-29-14-12-27-50(55)60(51)48-25-10-7-22-44(48)45-23-8-11-26-49(45)60/h1-16,18-38,51,58H,17H2. The lowest BCUT2D eigenvalue weighted by Crippen LogP contribution is -2.45. The molecule has 4 aliphatic rings. The molecule has 3 aliphatic carbocycles. The third kappa shape index (κ3) is 5.58. The van der Waals surface area contributed by atoms with E-state index < -0.39 is 5.41 Å². The molecule has 3 unspecified atom stereocenters. The van der Waals surface area contributed by atoms with E-state index in [0.717, 1.165) is 68.0 Å². The summed E-state index contributed by atoms with van der Waals surface area (Å²) in [7, 11) is 0. The van der Waals surface area contributed by atoms with Crippen LogP contribution in [-0.4, -0.2) is 15.0 Å². The van der Waals surface area contributed by atoms with Crippen LogP contribution < -0.4 is 4.74 Å². The van der Waals surface area contributed by atoms with Crippen molar-refractivity contribution in [1.82, 2.24) is 15.0 Å². The first kappa shape index (κ1) is 36.7. The summed E-state index contributed by atoms with van der Waals surface area (Å²) in [5.41, 5.74) is 17.4. The molecule has 0 bridgehead atoms. The number of pyridine rings is 1. The van der Waals surface area contributed by atoms with Gasteiger partial charge in [0, 0.05) is 56.2 Å². The van der Waals surface area contributed by atoms with Gasteiger partial charge in [-0.05, 0) is 58.5 Å². The Morgan fingerprint density at radius 1 is 0.516 bits per heavy atom. The number of nitrogens with zero attached hydrogens (tertiary/aromatic N) is 3. The van der Waals surface area contributed by atoms with Crippen molar-refractivity contribution in [2.75, 3.05) is 0 Å². The summed E-state index contributed by atoms with van der Waals surface area (Å²) < 4.78 is 7.29. The van der Waals surface area contributed by atoms with Gasteiger partial charge in [0.2, 0.25) is 0 Å². The lowest BCUT2D eigenvalue weighted by Gasteiger charge is -2.49. The Morgan fingerprint density at radius 3 is 1.97 bits per heavy atom. The molecular formula is C60H41N3O. The van der Waals surface area contributed by atoms with Gasteiger partial charge in [0.1, 0.15) is 11.9 Å². The molecule has 2 aromatic heterocycles. The first-order chi connectivity index (χ1) is 31.7. The van der Waals surface area contributed by atoms with Gasteiger partial charge in [0.25, 0.3) is 0 Å². The van der Waals surface area contributed by atoms with Crippen molar-refractivity contribution in [2.24, 2.45) is 5.92 Å². The molecule has 4 heteroatoms. The molecule has 0 radical (unpaired) electrons. The maximum atomic E-state index is 7.29. The Morgan fingerprint density at radius 2 is 1.19 bits per heavy atom. The fourth-order valence-corrected chi connectivity index (χ4v) is 11.1. The minimum absolute atomic E-state index is 0.0110. The van der Waals surface area contributed by atoms with Gasteiger partial charge in [0.05, 0.1) is 28.0 Å². The molecule has 7 aromatic carbocycles. The second-order valence-electron chi connectivity index (χ2n) is 17.3. The van der Waals surface area contributed by atoms with Crippen LogP contribution in [0.25, 0.3) is 73.3 Å². The average molecular weight is 820 g/mol. The van der Waals surface area contributed by atoms with Crippen molar-refractivity contribution < 1.29 is 4.74 Å². The van der Waals surface area contributed by atoms with Gasteiger partial charge in [-0.3, -0.25) is 0 Å². The van der Waals surface area contributed by atoms with Crippen molar-refractivity contribution in [2.45, 2.75) is 23.9 Å². The first-order valence-electron chi connectivity index (χ1n) is 22.3. The number of aromatic nitrogens is 3. The Balaban J connectivity index is 0.943. The highest BCUT2D eigenvalue weighted by Crippen LogP contribution is 2.65. The van der Waals surface area contributed by atoms with E-state index in [0.29, 0.717) is 11.7 Å². The van der Waals surface area contributed by atoms with Crippen molar-refractivity contribution in [1.29, 1.82) is 0 Å². The highest BCUT2D eigenvalue weighted by atomic mass is 16.5. The molecule has 3 heterocycles. The van der Waals surface area contributed by atoms with Crippen LogP contribution in [0.3, 0.4) is 0 Å². The van der Waals surface area contributed by atoms with Crippen molar-refractivity contribution >= 4 is 17.0 Å². The summed E-state index contributed by atoms with van der Waals surface area (Å²) in [6, 6.07) is 65.2. The van der Waals surface area contributed by atoms with Gasteiger partial charge < -0.3 is 4.74 Å². The second kappa shape index (κ2) is 14.6. The smallest absolute Gasteiger partial charge is 0.160 e. The van der Waals surface area contributed by atoms with E-state index in [4.69, 9.17) is 19.7 Å². The molecule has 1 aliphatic heterocycles. The van der Waals surface area contributed by atoms with Crippen LogP contribution in [0.15, 0.2) is 212 Å². The molecule has 0 amide bonds. The molecule has 64 heavy (non-hydrogen) atoms. The fourth-order valence-electron chi connectivity index (χ4n) is 11.1. The fraction of sp³-hybridized carbons (Fsp3) is 0.0833. The van der Waals surface area contributed by atoms with Gasteiger partial charge in [-0.1, -0.05) is 194 Å². The summed E-state index contributed by atoms with van der Waals surface area (Å²) >= 11 is 0. The summed E-state index contributed by atoms with van der Waals surface area (Å²) in [5, 5.41) is 1.12. The van der Waals surface area contributed by atoms with Gasteiger partial charge in [-0.25, -0.2) is 15.0 Å². The highest BCUT2D eigenvalue weighted by Gasteiger charge is 2.57. The van der Waals surface area contributed by atoms with Crippen molar-refractivity contribution in [3.8, 4) is 62.0 Å². The van der Waals surface area contributed by atoms with Crippen LogP contribution in [0.1, 0.15) is 51.8 Å². The van der Waals surface area contributed by atoms with Crippen LogP contribution in [0.5, 0.6) is 5.75 Å². The number of rotatable bonds is 5. The Labute approximate surface area is 372 Å². The molecule has 0 fully saturated rings. The highest BCUT2D eigenvalue weighted by molar-refractivity contribution is 5.94. The number of hydrogen-bond acceptors (Lipinski definition) is 4. The number of allylic oxidation sites excluding steroid dienone is 4. The molecule has 0 N–H and O–H groups in total. The van der Waals surface area contributed by atoms with E-state index in [1.807, 2.05) is 18.2 Å². The van der Waals surface area contributed by atoms with Gasteiger partial charge in [-0.15, -0.1) is 0 Å². The largest absolute Gasteiger partial charge is 0.485 e. The van der Waals surface area contributed by atoms with Crippen LogP contribution in [0.4, 0.5) is 0 Å². The lowest BCUT2D eigenvalue weighted by molar-refractivity contribution is 0.104. The monoisotopic (exact) mass is 819 g/mol. The summed E-state index contributed by atoms with van der Waals surface area (Å²) in [6.07, 6.45) is 14.3. The molecular weight excluding hydrogens is 779 g/mol. The van der Waals surface area contributed by atoms with Crippen LogP contribution in [0.2, 0.25) is 0 Å². The van der Waals surface area contributed by atoms with E-state index in [9.17, 15) is 0 Å². The summed E-state index contributed by atoms with van der Waals surface area (Å²) in [5.74, 6) is 1.97. The van der Waals surface area contributed by atoms with E-state index in [1.54, 1.807) is 0 Å². The third-order valence-corrected chi connectivity index (χ3v) is 13.9. The second-order valence-corrected chi connectivity index (χ2v) is 17.3. The maximum Gasteiger partial charge on any atom is 0.160 e. The molecule has 302 valence electrons. The van der Waals surface area contributed by atoms with Crippen molar-refractivity contribution in [3.63, 3.8) is 0 Å². The van der Waals surface area contributed by atoms with Gasteiger partial charge >= 0.3 is 0 Å². The van der Waals surface area contributed by atoms with Crippen LogP contribution in [-0.2, 0) is 5.41 Å². The van der Waals surface area contributed by atoms with E-state index in [2.05, 4.69) is 200 Å². The molecule has 0 saturated heterocycles. The molecule has 13 rings (SSSR count). The lowest BCUT2D eigenvalue weighted by atomic mass is 9.58. The number of fused-ring (bicyclic) bond motifs is 13. The third-order valence-electron chi connectivity index (χ3n) is 13.9. The van der Waals surface area contributed by atoms with Gasteiger partial charge in [-0.2, -0.15) is 0 Å². The molecule has 1 spiro atoms. The number of para-hydroxylation sites is 2. The normalized spacial score (nSPS) is 18.2. The van der Waals surface area contributed by atoms with Crippen molar-refractivity contribution in [3.05, 3.63) is 246 Å². The molecule has 0 saturated carbocycles. The van der Waals surface area contributed by atoms with Crippen LogP contribution in [0, 0.1) is 5.92 Å². The quantitative estimate of drug-likeness (QED) is 0.174. The van der Waals surface area contributed by atoms with Gasteiger partial charge in [0.15, 0.2) is 5.82 Å². The van der Waals surface area contributed by atoms with E-state index >= 15 is 0 Å². The van der Waals surface area contributed by atoms with Crippen LogP contribution >= 0.6 is 0 Å². The summed E-state index contributed by atoms with van der Waals surface area (Å²) in [6.45, 7) is 0. The zero-order valence-corrected chi connectivity index (χ0v) is 35.0. The molecule has 3 atom stereocenters. The summed E-state index contributed by atoms with van der Waals surface area (Å²) in [4.78, 5) is 15.8. The molecule has 9 aromatic rings. The number of ether oxygens (including phenoxy) is 1. The number of benzene rings is 7. The number of hydrogen-bond donors (Lipinski definition) is 0. The first-order valence-corrected chi connectivity index (χ1v) is 22.3. The topological polar surface area (TPSA) is 47.9 Å². The predicted molar refractivity (Wildman–Crippen MR) is 259 cm³/mol. The Hall–Kier alpha value is -7.95.